The monoisotopic (exact) mass is 264 g/mol. The minimum absolute atomic E-state index is 0.145. The van der Waals surface area contributed by atoms with Crippen molar-refractivity contribution in [3.05, 3.63) is 24.3 Å². The molecule has 0 fully saturated rings. The van der Waals surface area contributed by atoms with Gasteiger partial charge in [-0.3, -0.25) is 9.69 Å². The number of hydrogen-bond donors (Lipinski definition) is 1. The highest BCUT2D eigenvalue weighted by Crippen LogP contribution is 2.16. The summed E-state index contributed by atoms with van der Waals surface area (Å²) in [5, 5.41) is 3.83. The number of nitrogens with zero attached hydrogens (tertiary/aromatic N) is 3. The molecule has 0 aliphatic carbocycles. The molecule has 1 amide bonds. The molecule has 7 nitrogen and oxygen atoms in total. The Bertz CT molecular complexity index is 533. The van der Waals surface area contributed by atoms with Crippen LogP contribution in [0.5, 0.6) is 0 Å². The lowest BCUT2D eigenvalue weighted by molar-refractivity contribution is -0.119. The SMILES string of the molecule is CC(C)N(CC(N)=O)Cc1nc(-c2ccco2)no1. The highest BCUT2D eigenvalue weighted by Gasteiger charge is 2.17. The molecule has 0 aliphatic heterocycles. The molecule has 0 radical (unpaired) electrons. The Morgan fingerprint density at radius 3 is 2.89 bits per heavy atom. The van der Waals surface area contributed by atoms with Crippen LogP contribution in [-0.2, 0) is 11.3 Å². The summed E-state index contributed by atoms with van der Waals surface area (Å²) in [5.74, 6) is 0.963. The quantitative estimate of drug-likeness (QED) is 0.836. The first-order valence-corrected chi connectivity index (χ1v) is 5.95. The number of furan rings is 1. The molecule has 0 aromatic carbocycles. The predicted octanol–water partition coefficient (Wildman–Crippen LogP) is 1.03. The average Bonchev–Trinajstić information content (AvgIpc) is 2.97. The van der Waals surface area contributed by atoms with E-state index in [-0.39, 0.29) is 18.5 Å². The van der Waals surface area contributed by atoms with Crippen molar-refractivity contribution in [1.29, 1.82) is 0 Å². The van der Waals surface area contributed by atoms with Crippen LogP contribution in [0.25, 0.3) is 11.6 Å². The number of primary amides is 1. The lowest BCUT2D eigenvalue weighted by Gasteiger charge is -2.22. The topological polar surface area (TPSA) is 98.4 Å². The van der Waals surface area contributed by atoms with Gasteiger partial charge in [-0.25, -0.2) is 0 Å². The third-order valence-corrected chi connectivity index (χ3v) is 2.64. The van der Waals surface area contributed by atoms with Crippen LogP contribution in [0.1, 0.15) is 19.7 Å². The summed E-state index contributed by atoms with van der Waals surface area (Å²) in [6, 6.07) is 3.64. The minimum Gasteiger partial charge on any atom is -0.461 e. The number of rotatable bonds is 6. The highest BCUT2D eigenvalue weighted by atomic mass is 16.5. The second-order valence-corrected chi connectivity index (χ2v) is 4.45. The lowest BCUT2D eigenvalue weighted by Crippen LogP contribution is -2.38. The first kappa shape index (κ1) is 13.3. The van der Waals surface area contributed by atoms with Gasteiger partial charge >= 0.3 is 0 Å². The van der Waals surface area contributed by atoms with Crippen molar-refractivity contribution in [3.8, 4) is 11.6 Å². The Balaban J connectivity index is 2.08. The number of carbonyl (C=O) groups excluding carboxylic acids is 1. The maximum atomic E-state index is 11.0. The van der Waals surface area contributed by atoms with E-state index >= 15 is 0 Å². The number of amides is 1. The zero-order valence-electron chi connectivity index (χ0n) is 10.9. The molecule has 2 aromatic heterocycles. The normalized spacial score (nSPS) is 11.4. The predicted molar refractivity (Wildman–Crippen MR) is 66.7 cm³/mol. The molecule has 0 spiro atoms. The molecule has 0 aliphatic rings. The van der Waals surface area contributed by atoms with Crippen molar-refractivity contribution in [2.75, 3.05) is 6.54 Å². The molecule has 0 saturated heterocycles. The third kappa shape index (κ3) is 3.41. The van der Waals surface area contributed by atoms with Crippen LogP contribution in [-0.4, -0.2) is 33.5 Å². The maximum absolute atomic E-state index is 11.0. The summed E-state index contributed by atoms with van der Waals surface area (Å²) >= 11 is 0. The fourth-order valence-electron chi connectivity index (χ4n) is 1.62. The minimum atomic E-state index is -0.389. The molecule has 0 atom stereocenters. The van der Waals surface area contributed by atoms with Crippen molar-refractivity contribution >= 4 is 5.91 Å². The van der Waals surface area contributed by atoms with E-state index in [4.69, 9.17) is 14.7 Å². The van der Waals surface area contributed by atoms with Crippen LogP contribution < -0.4 is 5.73 Å². The summed E-state index contributed by atoms with van der Waals surface area (Å²) in [6.45, 7) is 4.45. The average molecular weight is 264 g/mol. The molecule has 102 valence electrons. The van der Waals surface area contributed by atoms with E-state index in [1.165, 1.54) is 0 Å². The standard InChI is InChI=1S/C12H16N4O3/c1-8(2)16(6-10(13)17)7-11-14-12(15-19-11)9-4-3-5-18-9/h3-5,8H,6-7H2,1-2H3,(H2,13,17). The van der Waals surface area contributed by atoms with Gasteiger partial charge < -0.3 is 14.7 Å². The molecule has 2 N–H and O–H groups in total. The van der Waals surface area contributed by atoms with Gasteiger partial charge in [0.2, 0.25) is 17.6 Å². The van der Waals surface area contributed by atoms with E-state index in [1.807, 2.05) is 18.7 Å². The van der Waals surface area contributed by atoms with E-state index in [2.05, 4.69) is 10.1 Å². The number of aromatic nitrogens is 2. The third-order valence-electron chi connectivity index (χ3n) is 2.64. The van der Waals surface area contributed by atoms with Crippen LogP contribution >= 0.6 is 0 Å². The maximum Gasteiger partial charge on any atom is 0.241 e. The molecule has 2 heterocycles. The first-order chi connectivity index (χ1) is 9.06. The second kappa shape index (κ2) is 5.66. The Morgan fingerprint density at radius 2 is 2.32 bits per heavy atom. The second-order valence-electron chi connectivity index (χ2n) is 4.45. The molecule has 0 bridgehead atoms. The fourth-order valence-corrected chi connectivity index (χ4v) is 1.62. The van der Waals surface area contributed by atoms with Crippen LogP contribution in [0.4, 0.5) is 0 Å². The van der Waals surface area contributed by atoms with Crippen molar-refractivity contribution in [3.63, 3.8) is 0 Å². The van der Waals surface area contributed by atoms with Gasteiger partial charge in [0.15, 0.2) is 5.76 Å². The van der Waals surface area contributed by atoms with Crippen molar-refractivity contribution < 1.29 is 13.7 Å². The Kier molecular flexibility index (Phi) is 3.96. The van der Waals surface area contributed by atoms with E-state index in [0.29, 0.717) is 24.0 Å². The molecule has 7 heteroatoms. The fraction of sp³-hybridized carbons (Fsp3) is 0.417. The first-order valence-electron chi connectivity index (χ1n) is 5.95. The highest BCUT2D eigenvalue weighted by molar-refractivity contribution is 5.75. The summed E-state index contributed by atoms with van der Waals surface area (Å²) in [7, 11) is 0. The Hall–Kier alpha value is -2.15. The number of carbonyl (C=O) groups is 1. The summed E-state index contributed by atoms with van der Waals surface area (Å²) in [5.41, 5.74) is 5.20. The number of hydrogen-bond acceptors (Lipinski definition) is 6. The molecule has 2 rings (SSSR count). The molecule has 2 aromatic rings. The zero-order chi connectivity index (χ0) is 13.8. The van der Waals surface area contributed by atoms with Gasteiger partial charge in [-0.1, -0.05) is 5.16 Å². The largest absolute Gasteiger partial charge is 0.461 e. The molecule has 19 heavy (non-hydrogen) atoms. The van der Waals surface area contributed by atoms with Gasteiger partial charge in [0.1, 0.15) is 0 Å². The van der Waals surface area contributed by atoms with Crippen molar-refractivity contribution in [2.45, 2.75) is 26.4 Å². The summed E-state index contributed by atoms with van der Waals surface area (Å²) in [6.07, 6.45) is 1.54. The number of nitrogens with two attached hydrogens (primary N) is 1. The van der Waals surface area contributed by atoms with Gasteiger partial charge in [0, 0.05) is 6.04 Å². The van der Waals surface area contributed by atoms with Crippen molar-refractivity contribution in [1.82, 2.24) is 15.0 Å². The van der Waals surface area contributed by atoms with Crippen LogP contribution in [0.2, 0.25) is 0 Å². The van der Waals surface area contributed by atoms with E-state index in [1.54, 1.807) is 18.4 Å². The molecule has 0 saturated carbocycles. The molecule has 0 unspecified atom stereocenters. The van der Waals surface area contributed by atoms with E-state index in [0.717, 1.165) is 0 Å². The Morgan fingerprint density at radius 1 is 1.53 bits per heavy atom. The molecular weight excluding hydrogens is 248 g/mol. The van der Waals surface area contributed by atoms with Gasteiger partial charge in [-0.2, -0.15) is 4.98 Å². The Labute approximate surface area is 110 Å². The van der Waals surface area contributed by atoms with Crippen molar-refractivity contribution in [2.24, 2.45) is 5.73 Å². The summed E-state index contributed by atoms with van der Waals surface area (Å²) < 4.78 is 10.3. The molecular formula is C12H16N4O3. The lowest BCUT2D eigenvalue weighted by atomic mass is 10.3. The van der Waals surface area contributed by atoms with Gasteiger partial charge in [-0.15, -0.1) is 0 Å². The van der Waals surface area contributed by atoms with E-state index < -0.39 is 0 Å². The zero-order valence-corrected chi connectivity index (χ0v) is 10.9. The van der Waals surface area contributed by atoms with Gasteiger partial charge in [0.05, 0.1) is 19.4 Å². The summed E-state index contributed by atoms with van der Waals surface area (Å²) in [4.78, 5) is 17.1. The smallest absolute Gasteiger partial charge is 0.241 e. The van der Waals surface area contributed by atoms with Gasteiger partial charge in [0.25, 0.3) is 0 Å². The van der Waals surface area contributed by atoms with Gasteiger partial charge in [-0.05, 0) is 26.0 Å². The van der Waals surface area contributed by atoms with Crippen LogP contribution in [0, 0.1) is 0 Å². The van der Waals surface area contributed by atoms with E-state index in [9.17, 15) is 4.79 Å². The van der Waals surface area contributed by atoms with Crippen LogP contribution in [0.15, 0.2) is 27.3 Å². The van der Waals surface area contributed by atoms with Crippen LogP contribution in [0.3, 0.4) is 0 Å².